The summed E-state index contributed by atoms with van der Waals surface area (Å²) in [5.74, 6) is -1.13. The highest BCUT2D eigenvalue weighted by molar-refractivity contribution is 7.12. The molecular weight excluding hydrogens is 290 g/mol. The number of carbonyl (C=O) groups is 3. The summed E-state index contributed by atoms with van der Waals surface area (Å²) in [6.07, 6.45) is 0.219. The summed E-state index contributed by atoms with van der Waals surface area (Å²) in [6.45, 7) is 6.29. The van der Waals surface area contributed by atoms with Gasteiger partial charge < -0.3 is 10.0 Å². The molecule has 1 aromatic rings. The average molecular weight is 311 g/mol. The van der Waals surface area contributed by atoms with Crippen molar-refractivity contribution < 1.29 is 19.5 Å². The maximum atomic E-state index is 12.1. The molecule has 0 atom stereocenters. The summed E-state index contributed by atoms with van der Waals surface area (Å²) in [4.78, 5) is 38.2. The third-order valence-corrected chi connectivity index (χ3v) is 4.20. The number of hydrogen-bond acceptors (Lipinski definition) is 4. The first kappa shape index (κ1) is 17.4. The van der Waals surface area contributed by atoms with E-state index in [0.29, 0.717) is 12.1 Å². The van der Waals surface area contributed by atoms with Gasteiger partial charge in [-0.05, 0) is 26.8 Å². The maximum Gasteiger partial charge on any atom is 0.305 e. The Kier molecular flexibility index (Phi) is 6.55. The summed E-state index contributed by atoms with van der Waals surface area (Å²) >= 11 is 1.57. The van der Waals surface area contributed by atoms with Gasteiger partial charge in [0, 0.05) is 41.2 Å². The number of amides is 1. The highest BCUT2D eigenvalue weighted by atomic mass is 32.1. The van der Waals surface area contributed by atoms with Crippen molar-refractivity contribution in [3.8, 4) is 0 Å². The predicted octanol–water partition coefficient (Wildman–Crippen LogP) is 2.65. The second kappa shape index (κ2) is 7.93. The minimum atomic E-state index is -0.929. The van der Waals surface area contributed by atoms with Gasteiger partial charge in [0.05, 0.1) is 6.42 Å². The Morgan fingerprint density at radius 2 is 1.86 bits per heavy atom. The number of Topliss-reactive ketones (excluding diaryl/α,β-unsaturated/α-hetero) is 1. The maximum absolute atomic E-state index is 12.1. The minimum absolute atomic E-state index is 0.0283. The molecule has 116 valence electrons. The van der Waals surface area contributed by atoms with Gasteiger partial charge >= 0.3 is 5.97 Å². The van der Waals surface area contributed by atoms with E-state index in [1.165, 1.54) is 4.90 Å². The lowest BCUT2D eigenvalue weighted by molar-refractivity contribution is -0.138. The van der Waals surface area contributed by atoms with Crippen molar-refractivity contribution in [2.24, 2.45) is 0 Å². The van der Waals surface area contributed by atoms with E-state index in [1.54, 1.807) is 18.3 Å². The molecule has 1 rings (SSSR count). The first-order valence-corrected chi connectivity index (χ1v) is 7.76. The highest BCUT2D eigenvalue weighted by Crippen LogP contribution is 2.22. The molecule has 0 aromatic carbocycles. The number of aliphatic carboxylic acids is 1. The molecule has 21 heavy (non-hydrogen) atoms. The van der Waals surface area contributed by atoms with Gasteiger partial charge in [0.25, 0.3) is 0 Å². The molecule has 1 heterocycles. The number of thiophene rings is 1. The van der Waals surface area contributed by atoms with Gasteiger partial charge in [-0.2, -0.15) is 0 Å². The smallest absolute Gasteiger partial charge is 0.305 e. The molecule has 1 aromatic heterocycles. The van der Waals surface area contributed by atoms with Crippen LogP contribution in [0, 0.1) is 13.8 Å². The van der Waals surface area contributed by atoms with Crippen LogP contribution in [-0.4, -0.2) is 40.8 Å². The van der Waals surface area contributed by atoms with Gasteiger partial charge in [-0.1, -0.05) is 0 Å². The largest absolute Gasteiger partial charge is 0.481 e. The van der Waals surface area contributed by atoms with Crippen molar-refractivity contribution in [2.45, 2.75) is 40.0 Å². The van der Waals surface area contributed by atoms with E-state index in [2.05, 4.69) is 0 Å². The van der Waals surface area contributed by atoms with Crippen LogP contribution >= 0.6 is 11.3 Å². The number of carbonyl (C=O) groups excluding carboxylic acids is 2. The van der Waals surface area contributed by atoms with Gasteiger partial charge in [-0.25, -0.2) is 0 Å². The van der Waals surface area contributed by atoms with Gasteiger partial charge in [-0.15, -0.1) is 11.3 Å². The molecule has 0 unspecified atom stereocenters. The molecule has 0 saturated heterocycles. The molecule has 6 heteroatoms. The van der Waals surface area contributed by atoms with Gasteiger partial charge in [0.2, 0.25) is 5.91 Å². The number of nitrogens with zero attached hydrogens (tertiary/aromatic N) is 1. The summed E-state index contributed by atoms with van der Waals surface area (Å²) in [5, 5.41) is 8.65. The Morgan fingerprint density at radius 3 is 2.33 bits per heavy atom. The molecule has 0 saturated carbocycles. The van der Waals surface area contributed by atoms with Crippen molar-refractivity contribution in [1.29, 1.82) is 0 Å². The second-order valence-electron chi connectivity index (χ2n) is 4.87. The standard InChI is InChI=1S/C15H21NO4S/c1-4-16(8-7-15(19)20)14(18)6-5-13(17)12-9-10(2)21-11(12)3/h9H,4-8H2,1-3H3,(H,19,20). The Bertz CT molecular complexity index is 536. The fourth-order valence-corrected chi connectivity index (χ4v) is 3.05. The van der Waals surface area contributed by atoms with Crippen molar-refractivity contribution in [2.75, 3.05) is 13.1 Å². The molecule has 0 spiro atoms. The third kappa shape index (κ3) is 5.30. The summed E-state index contributed by atoms with van der Waals surface area (Å²) in [5.41, 5.74) is 0.693. The Labute approximate surface area is 128 Å². The molecule has 0 bridgehead atoms. The molecule has 0 radical (unpaired) electrons. The van der Waals surface area contributed by atoms with Gasteiger partial charge in [-0.3, -0.25) is 14.4 Å². The zero-order chi connectivity index (χ0) is 16.0. The van der Waals surface area contributed by atoms with Crippen LogP contribution in [0.1, 0.15) is 46.3 Å². The van der Waals surface area contributed by atoms with E-state index >= 15 is 0 Å². The van der Waals surface area contributed by atoms with Crippen LogP contribution < -0.4 is 0 Å². The molecular formula is C15H21NO4S. The molecule has 0 aliphatic carbocycles. The van der Waals surface area contributed by atoms with Gasteiger partial charge in [0.1, 0.15) is 0 Å². The molecule has 0 aliphatic heterocycles. The Balaban J connectivity index is 2.53. The highest BCUT2D eigenvalue weighted by Gasteiger charge is 2.17. The number of rotatable bonds is 8. The molecule has 5 nitrogen and oxygen atoms in total. The first-order valence-electron chi connectivity index (χ1n) is 6.95. The van der Waals surface area contributed by atoms with Crippen LogP contribution in [0.25, 0.3) is 0 Å². The fourth-order valence-electron chi connectivity index (χ4n) is 2.11. The van der Waals surface area contributed by atoms with Crippen LogP contribution in [0.4, 0.5) is 0 Å². The lowest BCUT2D eigenvalue weighted by Gasteiger charge is -2.19. The quantitative estimate of drug-likeness (QED) is 0.749. The molecule has 0 fully saturated rings. The summed E-state index contributed by atoms with van der Waals surface area (Å²) in [7, 11) is 0. The average Bonchev–Trinajstić information content (AvgIpc) is 2.75. The van der Waals surface area contributed by atoms with E-state index in [9.17, 15) is 14.4 Å². The monoisotopic (exact) mass is 311 g/mol. The van der Waals surface area contributed by atoms with E-state index in [4.69, 9.17) is 5.11 Å². The van der Waals surface area contributed by atoms with Gasteiger partial charge in [0.15, 0.2) is 5.78 Å². The van der Waals surface area contributed by atoms with Crippen molar-refractivity contribution in [3.63, 3.8) is 0 Å². The summed E-state index contributed by atoms with van der Waals surface area (Å²) in [6, 6.07) is 1.86. The summed E-state index contributed by atoms with van der Waals surface area (Å²) < 4.78 is 0. The third-order valence-electron chi connectivity index (χ3n) is 3.24. The SMILES string of the molecule is CCN(CCC(=O)O)C(=O)CCC(=O)c1cc(C)sc1C. The topological polar surface area (TPSA) is 74.7 Å². The fraction of sp³-hybridized carbons (Fsp3) is 0.533. The van der Waals surface area contributed by atoms with Crippen LogP contribution in [0.2, 0.25) is 0 Å². The van der Waals surface area contributed by atoms with E-state index in [0.717, 1.165) is 9.75 Å². The van der Waals surface area contributed by atoms with E-state index in [-0.39, 0.29) is 37.5 Å². The molecule has 0 aliphatic rings. The van der Waals surface area contributed by atoms with E-state index < -0.39 is 5.97 Å². The van der Waals surface area contributed by atoms with Crippen molar-refractivity contribution in [3.05, 3.63) is 21.4 Å². The lowest BCUT2D eigenvalue weighted by Crippen LogP contribution is -2.33. The van der Waals surface area contributed by atoms with E-state index in [1.807, 2.05) is 19.9 Å². The number of carboxylic acid groups (broad SMARTS) is 1. The zero-order valence-electron chi connectivity index (χ0n) is 12.6. The number of carboxylic acids is 1. The molecule has 1 amide bonds. The van der Waals surface area contributed by atoms with Crippen molar-refractivity contribution >= 4 is 29.0 Å². The van der Waals surface area contributed by atoms with Crippen LogP contribution in [0.15, 0.2) is 6.07 Å². The number of aryl methyl sites for hydroxylation is 2. The minimum Gasteiger partial charge on any atom is -0.481 e. The van der Waals surface area contributed by atoms with Crippen LogP contribution in [0.3, 0.4) is 0 Å². The number of hydrogen-bond donors (Lipinski definition) is 1. The van der Waals surface area contributed by atoms with Crippen molar-refractivity contribution in [1.82, 2.24) is 4.90 Å². The van der Waals surface area contributed by atoms with Crippen LogP contribution in [0.5, 0.6) is 0 Å². The van der Waals surface area contributed by atoms with Crippen LogP contribution in [-0.2, 0) is 9.59 Å². The molecule has 1 N–H and O–H groups in total. The zero-order valence-corrected chi connectivity index (χ0v) is 13.5. The normalized spacial score (nSPS) is 10.4. The lowest BCUT2D eigenvalue weighted by atomic mass is 10.1. The Morgan fingerprint density at radius 1 is 1.19 bits per heavy atom. The predicted molar refractivity (Wildman–Crippen MR) is 81.9 cm³/mol. The Hall–Kier alpha value is -1.69. The number of ketones is 1. The second-order valence-corrected chi connectivity index (χ2v) is 6.33. The first-order chi connectivity index (χ1) is 9.85.